The van der Waals surface area contributed by atoms with Crippen LogP contribution >= 0.6 is 0 Å². The summed E-state index contributed by atoms with van der Waals surface area (Å²) in [6, 6.07) is 9.21. The van der Waals surface area contributed by atoms with E-state index in [1.807, 2.05) is 6.07 Å². The summed E-state index contributed by atoms with van der Waals surface area (Å²) in [6.45, 7) is 0. The Bertz CT molecular complexity index is 808. The molecular weight excluding hydrogens is 271 g/mol. The molecule has 5 nitrogen and oxygen atoms in total. The fourth-order valence-electron chi connectivity index (χ4n) is 2.08. The second kappa shape index (κ2) is 5.13. The highest BCUT2D eigenvalue weighted by Crippen LogP contribution is 2.29. The zero-order valence-corrected chi connectivity index (χ0v) is 10.8. The number of nitrogens with one attached hydrogen (secondary N) is 1. The number of fused-ring (bicyclic) bond motifs is 1. The van der Waals surface area contributed by atoms with Crippen LogP contribution in [0.5, 0.6) is 0 Å². The summed E-state index contributed by atoms with van der Waals surface area (Å²) in [5.41, 5.74) is 2.22. The first-order valence-corrected chi connectivity index (χ1v) is 6.19. The van der Waals surface area contributed by atoms with Gasteiger partial charge in [0.05, 0.1) is 23.5 Å². The molecule has 21 heavy (non-hydrogen) atoms. The Morgan fingerprint density at radius 1 is 1.29 bits per heavy atom. The molecular formula is C15H9FN4O. The van der Waals surface area contributed by atoms with E-state index in [9.17, 15) is 9.18 Å². The molecule has 1 amide bonds. The molecule has 1 aliphatic rings. The van der Waals surface area contributed by atoms with Gasteiger partial charge in [0.25, 0.3) is 0 Å². The monoisotopic (exact) mass is 280 g/mol. The van der Waals surface area contributed by atoms with Gasteiger partial charge in [-0.05, 0) is 30.3 Å². The van der Waals surface area contributed by atoms with Crippen LogP contribution in [0.25, 0.3) is 0 Å². The predicted octanol–water partition coefficient (Wildman–Crippen LogP) is 2.56. The van der Waals surface area contributed by atoms with Crippen molar-refractivity contribution in [3.05, 3.63) is 53.6 Å². The highest BCUT2D eigenvalue weighted by atomic mass is 19.1. The molecule has 1 N–H and O–H groups in total. The number of benzene rings is 1. The van der Waals surface area contributed by atoms with Crippen molar-refractivity contribution in [2.45, 2.75) is 6.42 Å². The number of anilines is 1. The van der Waals surface area contributed by atoms with Crippen LogP contribution in [-0.2, 0) is 4.79 Å². The lowest BCUT2D eigenvalue weighted by molar-refractivity contribution is -0.115. The first-order valence-electron chi connectivity index (χ1n) is 6.19. The lowest BCUT2D eigenvalue weighted by Crippen LogP contribution is -2.15. The molecule has 1 aromatic carbocycles. The largest absolute Gasteiger partial charge is 0.324 e. The minimum absolute atomic E-state index is 0.0468. The van der Waals surface area contributed by atoms with Gasteiger partial charge in [0, 0.05) is 11.8 Å². The topological polar surface area (TPSA) is 78.1 Å². The van der Waals surface area contributed by atoms with Crippen LogP contribution in [-0.4, -0.2) is 16.6 Å². The Labute approximate surface area is 119 Å². The third kappa shape index (κ3) is 2.62. The van der Waals surface area contributed by atoms with Crippen molar-refractivity contribution in [1.82, 2.24) is 4.98 Å². The maximum Gasteiger partial charge on any atom is 0.230 e. The van der Waals surface area contributed by atoms with E-state index < -0.39 is 5.82 Å². The van der Waals surface area contributed by atoms with E-state index in [1.165, 1.54) is 24.4 Å². The van der Waals surface area contributed by atoms with Crippen LogP contribution in [0.1, 0.15) is 17.7 Å². The molecule has 0 bridgehead atoms. The number of rotatable bonds is 1. The number of hydrogen-bond acceptors (Lipinski definition) is 4. The number of carbonyl (C=O) groups excluding carboxylic acids is 1. The number of aliphatic imine (C=N–C) groups is 1. The Hall–Kier alpha value is -3.07. The molecule has 102 valence electrons. The zero-order chi connectivity index (χ0) is 14.8. The Morgan fingerprint density at radius 2 is 2.14 bits per heavy atom. The fourth-order valence-corrected chi connectivity index (χ4v) is 2.08. The standard InChI is InChI=1S/C15H9FN4O/c16-10-1-2-12-14(6-10)20-15(21)7-13(19-12)9-3-4-18-11(5-9)8-17/h1-6H,7H2,(H,20,21). The number of aromatic nitrogens is 1. The minimum atomic E-state index is -0.441. The molecule has 0 atom stereocenters. The van der Waals surface area contributed by atoms with Gasteiger partial charge >= 0.3 is 0 Å². The van der Waals surface area contributed by atoms with Crippen molar-refractivity contribution in [3.63, 3.8) is 0 Å². The lowest BCUT2D eigenvalue weighted by atomic mass is 10.1. The second-order valence-corrected chi connectivity index (χ2v) is 4.49. The van der Waals surface area contributed by atoms with E-state index in [-0.39, 0.29) is 18.0 Å². The van der Waals surface area contributed by atoms with Gasteiger partial charge in [-0.15, -0.1) is 0 Å². The molecule has 6 heteroatoms. The van der Waals surface area contributed by atoms with Crippen LogP contribution in [0, 0.1) is 17.1 Å². The van der Waals surface area contributed by atoms with Crippen LogP contribution < -0.4 is 5.32 Å². The first kappa shape index (κ1) is 12.9. The Balaban J connectivity index is 2.11. The Kier molecular flexibility index (Phi) is 3.16. The highest BCUT2D eigenvalue weighted by molar-refractivity contribution is 6.16. The van der Waals surface area contributed by atoms with Crippen molar-refractivity contribution < 1.29 is 9.18 Å². The maximum absolute atomic E-state index is 13.2. The van der Waals surface area contributed by atoms with Crippen molar-refractivity contribution in [2.24, 2.45) is 4.99 Å². The maximum atomic E-state index is 13.2. The average molecular weight is 280 g/mol. The number of carbonyl (C=O) groups is 1. The van der Waals surface area contributed by atoms with Gasteiger partial charge in [0.15, 0.2) is 0 Å². The molecule has 0 aliphatic carbocycles. The molecule has 0 unspecified atom stereocenters. The van der Waals surface area contributed by atoms with E-state index in [4.69, 9.17) is 5.26 Å². The van der Waals surface area contributed by atoms with Gasteiger partial charge in [-0.1, -0.05) is 0 Å². The summed E-state index contributed by atoms with van der Waals surface area (Å²) in [7, 11) is 0. The molecule has 0 spiro atoms. The van der Waals surface area contributed by atoms with E-state index in [1.54, 1.807) is 12.1 Å². The quantitative estimate of drug-likeness (QED) is 0.871. The fraction of sp³-hybridized carbons (Fsp3) is 0.0667. The minimum Gasteiger partial charge on any atom is -0.324 e. The lowest BCUT2D eigenvalue weighted by Gasteiger charge is -2.03. The number of halogens is 1. The van der Waals surface area contributed by atoms with Crippen LogP contribution in [0.4, 0.5) is 15.8 Å². The van der Waals surface area contributed by atoms with Crippen LogP contribution in [0.15, 0.2) is 41.5 Å². The molecule has 0 fully saturated rings. The SMILES string of the molecule is N#Cc1cc(C2=Nc3ccc(F)cc3NC(=O)C2)ccn1. The van der Waals surface area contributed by atoms with Crippen molar-refractivity contribution in [2.75, 3.05) is 5.32 Å². The van der Waals surface area contributed by atoms with E-state index in [0.29, 0.717) is 22.6 Å². The predicted molar refractivity (Wildman–Crippen MR) is 74.8 cm³/mol. The molecule has 2 heterocycles. The third-order valence-corrected chi connectivity index (χ3v) is 3.02. The van der Waals surface area contributed by atoms with Crippen molar-refractivity contribution in [1.29, 1.82) is 5.26 Å². The van der Waals surface area contributed by atoms with Gasteiger partial charge in [0.2, 0.25) is 5.91 Å². The third-order valence-electron chi connectivity index (χ3n) is 3.02. The summed E-state index contributed by atoms with van der Waals surface area (Å²) >= 11 is 0. The summed E-state index contributed by atoms with van der Waals surface area (Å²) in [5.74, 6) is -0.725. The van der Waals surface area contributed by atoms with E-state index >= 15 is 0 Å². The summed E-state index contributed by atoms with van der Waals surface area (Å²) in [5, 5.41) is 11.5. The first-order chi connectivity index (χ1) is 10.2. The highest BCUT2D eigenvalue weighted by Gasteiger charge is 2.18. The molecule has 0 radical (unpaired) electrons. The summed E-state index contributed by atoms with van der Waals surface area (Å²) < 4.78 is 13.2. The Morgan fingerprint density at radius 3 is 2.95 bits per heavy atom. The zero-order valence-electron chi connectivity index (χ0n) is 10.8. The molecule has 3 rings (SSSR count). The van der Waals surface area contributed by atoms with E-state index in [2.05, 4.69) is 15.3 Å². The molecule has 1 aliphatic heterocycles. The second-order valence-electron chi connectivity index (χ2n) is 4.49. The number of hydrogen-bond donors (Lipinski definition) is 1. The molecule has 1 aromatic heterocycles. The van der Waals surface area contributed by atoms with Gasteiger partial charge in [0.1, 0.15) is 17.6 Å². The number of pyridine rings is 1. The number of nitrogens with zero attached hydrogens (tertiary/aromatic N) is 3. The number of amides is 1. The molecule has 0 saturated heterocycles. The smallest absolute Gasteiger partial charge is 0.230 e. The average Bonchev–Trinajstić information content (AvgIpc) is 2.65. The van der Waals surface area contributed by atoms with E-state index in [0.717, 1.165) is 0 Å². The summed E-state index contributed by atoms with van der Waals surface area (Å²) in [4.78, 5) is 20.2. The van der Waals surface area contributed by atoms with Crippen LogP contribution in [0.2, 0.25) is 0 Å². The van der Waals surface area contributed by atoms with Gasteiger partial charge in [-0.3, -0.25) is 9.79 Å². The van der Waals surface area contributed by atoms with Crippen molar-refractivity contribution >= 4 is 23.0 Å². The van der Waals surface area contributed by atoms with Crippen LogP contribution in [0.3, 0.4) is 0 Å². The number of nitriles is 1. The van der Waals surface area contributed by atoms with Gasteiger partial charge in [-0.2, -0.15) is 5.26 Å². The van der Waals surface area contributed by atoms with Crippen molar-refractivity contribution in [3.8, 4) is 6.07 Å². The normalized spacial score (nSPS) is 13.5. The van der Waals surface area contributed by atoms with Gasteiger partial charge in [-0.25, -0.2) is 9.37 Å². The van der Waals surface area contributed by atoms with Gasteiger partial charge < -0.3 is 5.32 Å². The molecule has 2 aromatic rings. The molecule has 0 saturated carbocycles. The summed E-state index contributed by atoms with van der Waals surface area (Å²) in [6.07, 6.45) is 1.54.